The molecule has 0 aliphatic rings. The van der Waals surface area contributed by atoms with Gasteiger partial charge in [0.1, 0.15) is 0 Å². The first-order valence-corrected chi connectivity index (χ1v) is 3.50. The summed E-state index contributed by atoms with van der Waals surface area (Å²) in [5, 5.41) is 0. The standard InChI is InChI=1S/C7H14N2O/c1-4-6-8-7(10)9(3)5-2/h6H,4-5H2,1-3H3/b8-6+. The Morgan fingerprint density at radius 3 is 2.60 bits per heavy atom. The average Bonchev–Trinajstić information content (AvgIpc) is 1.98. The first-order chi connectivity index (χ1) is 4.72. The second-order valence-electron chi connectivity index (χ2n) is 2.02. The topological polar surface area (TPSA) is 32.7 Å². The molecule has 0 heterocycles. The van der Waals surface area contributed by atoms with E-state index in [1.807, 2.05) is 13.8 Å². The molecule has 0 aliphatic carbocycles. The quantitative estimate of drug-likeness (QED) is 0.538. The van der Waals surface area contributed by atoms with Crippen molar-refractivity contribution in [1.82, 2.24) is 4.90 Å². The Labute approximate surface area is 61.7 Å². The van der Waals surface area contributed by atoms with Crippen LogP contribution in [0.3, 0.4) is 0 Å². The maximum atomic E-state index is 10.9. The van der Waals surface area contributed by atoms with Crippen LogP contribution >= 0.6 is 0 Å². The Bertz CT molecular complexity index is 132. The van der Waals surface area contributed by atoms with E-state index in [2.05, 4.69) is 4.99 Å². The van der Waals surface area contributed by atoms with Gasteiger partial charge in [-0.25, -0.2) is 9.79 Å². The lowest BCUT2D eigenvalue weighted by Crippen LogP contribution is -2.22. The molecule has 2 amide bonds. The van der Waals surface area contributed by atoms with Gasteiger partial charge in [-0.15, -0.1) is 0 Å². The van der Waals surface area contributed by atoms with Crippen LogP contribution in [0.1, 0.15) is 20.3 Å². The first-order valence-electron chi connectivity index (χ1n) is 3.50. The van der Waals surface area contributed by atoms with E-state index in [-0.39, 0.29) is 6.03 Å². The van der Waals surface area contributed by atoms with Crippen molar-refractivity contribution in [2.24, 2.45) is 4.99 Å². The van der Waals surface area contributed by atoms with Gasteiger partial charge in [-0.3, -0.25) is 0 Å². The van der Waals surface area contributed by atoms with Crippen LogP contribution in [0.2, 0.25) is 0 Å². The zero-order valence-electron chi connectivity index (χ0n) is 6.79. The van der Waals surface area contributed by atoms with Crippen LogP contribution in [0, 0.1) is 0 Å². The van der Waals surface area contributed by atoms with Gasteiger partial charge in [0.25, 0.3) is 0 Å². The highest BCUT2D eigenvalue weighted by molar-refractivity contribution is 5.83. The molecule has 0 unspecified atom stereocenters. The summed E-state index contributed by atoms with van der Waals surface area (Å²) in [6, 6.07) is -0.163. The van der Waals surface area contributed by atoms with Crippen molar-refractivity contribution in [1.29, 1.82) is 0 Å². The van der Waals surface area contributed by atoms with Crippen molar-refractivity contribution in [3.8, 4) is 0 Å². The molecule has 0 atom stereocenters. The molecule has 0 radical (unpaired) electrons. The molecule has 0 saturated carbocycles. The third kappa shape index (κ3) is 3.22. The monoisotopic (exact) mass is 142 g/mol. The molecule has 0 rings (SSSR count). The van der Waals surface area contributed by atoms with Crippen LogP contribution in [0.4, 0.5) is 4.79 Å². The van der Waals surface area contributed by atoms with Crippen LogP contribution < -0.4 is 0 Å². The number of amides is 2. The van der Waals surface area contributed by atoms with E-state index in [0.29, 0.717) is 6.54 Å². The zero-order valence-corrected chi connectivity index (χ0v) is 6.79. The smallest absolute Gasteiger partial charge is 0.326 e. The molecule has 0 aliphatic heterocycles. The van der Waals surface area contributed by atoms with Gasteiger partial charge in [0.05, 0.1) is 0 Å². The number of hydrogen-bond donors (Lipinski definition) is 0. The summed E-state index contributed by atoms with van der Waals surface area (Å²) in [5.74, 6) is 0. The molecule has 0 bridgehead atoms. The van der Waals surface area contributed by atoms with E-state index in [9.17, 15) is 4.79 Å². The highest BCUT2D eigenvalue weighted by Crippen LogP contribution is 1.86. The summed E-state index contributed by atoms with van der Waals surface area (Å²) in [6.45, 7) is 4.57. The Morgan fingerprint density at radius 2 is 2.20 bits per heavy atom. The van der Waals surface area contributed by atoms with Crippen molar-refractivity contribution >= 4 is 12.2 Å². The number of carbonyl (C=O) groups is 1. The fourth-order valence-electron chi connectivity index (χ4n) is 0.403. The second-order valence-corrected chi connectivity index (χ2v) is 2.02. The normalized spacial score (nSPS) is 10.3. The Balaban J connectivity index is 3.72. The van der Waals surface area contributed by atoms with Crippen molar-refractivity contribution in [3.05, 3.63) is 0 Å². The Morgan fingerprint density at radius 1 is 1.60 bits per heavy atom. The van der Waals surface area contributed by atoms with Crippen LogP contribution in [0.5, 0.6) is 0 Å². The molecule has 0 fully saturated rings. The minimum Gasteiger partial charge on any atom is -0.326 e. The molecule has 0 aromatic carbocycles. The van der Waals surface area contributed by atoms with Gasteiger partial charge in [-0.05, 0) is 13.3 Å². The lowest BCUT2D eigenvalue weighted by atomic mass is 10.5. The van der Waals surface area contributed by atoms with Crippen LogP contribution in [-0.2, 0) is 0 Å². The number of hydrogen-bond acceptors (Lipinski definition) is 1. The minimum atomic E-state index is -0.163. The number of carbonyl (C=O) groups excluding carboxylic acids is 1. The van der Waals surface area contributed by atoms with Crippen molar-refractivity contribution in [2.75, 3.05) is 13.6 Å². The van der Waals surface area contributed by atoms with E-state index in [4.69, 9.17) is 0 Å². The molecule has 0 N–H and O–H groups in total. The van der Waals surface area contributed by atoms with Gasteiger partial charge in [0, 0.05) is 19.8 Å². The zero-order chi connectivity index (χ0) is 7.98. The summed E-state index contributed by atoms with van der Waals surface area (Å²) < 4.78 is 0. The predicted molar refractivity (Wildman–Crippen MR) is 42.5 cm³/mol. The molecular formula is C7H14N2O. The summed E-state index contributed by atoms with van der Waals surface area (Å²) in [4.78, 5) is 16.1. The molecule has 0 spiro atoms. The molecule has 0 aromatic rings. The first kappa shape index (κ1) is 9.14. The van der Waals surface area contributed by atoms with Gasteiger partial charge < -0.3 is 4.90 Å². The van der Waals surface area contributed by atoms with E-state index in [0.717, 1.165) is 6.42 Å². The summed E-state index contributed by atoms with van der Waals surface area (Å²) in [6.07, 6.45) is 2.43. The molecule has 58 valence electrons. The minimum absolute atomic E-state index is 0.163. The lowest BCUT2D eigenvalue weighted by Gasteiger charge is -2.09. The molecule has 0 aromatic heterocycles. The van der Waals surface area contributed by atoms with E-state index < -0.39 is 0 Å². The second kappa shape index (κ2) is 4.97. The van der Waals surface area contributed by atoms with E-state index >= 15 is 0 Å². The lowest BCUT2D eigenvalue weighted by molar-refractivity contribution is 0.221. The summed E-state index contributed by atoms with van der Waals surface area (Å²) in [7, 11) is 1.73. The maximum absolute atomic E-state index is 10.9. The van der Waals surface area contributed by atoms with Gasteiger partial charge in [0.2, 0.25) is 0 Å². The summed E-state index contributed by atoms with van der Waals surface area (Å²) >= 11 is 0. The SMILES string of the molecule is CC/C=N/C(=O)N(C)CC. The highest BCUT2D eigenvalue weighted by atomic mass is 16.2. The van der Waals surface area contributed by atoms with Gasteiger partial charge in [0.15, 0.2) is 0 Å². The molecule has 10 heavy (non-hydrogen) atoms. The van der Waals surface area contributed by atoms with Gasteiger partial charge in [-0.1, -0.05) is 6.92 Å². The Hall–Kier alpha value is -0.860. The van der Waals surface area contributed by atoms with Crippen LogP contribution in [-0.4, -0.2) is 30.7 Å². The number of rotatable bonds is 2. The highest BCUT2D eigenvalue weighted by Gasteiger charge is 2.00. The van der Waals surface area contributed by atoms with E-state index in [1.54, 1.807) is 18.2 Å². The number of urea groups is 1. The maximum Gasteiger partial charge on any atom is 0.342 e. The third-order valence-electron chi connectivity index (χ3n) is 1.19. The third-order valence-corrected chi connectivity index (χ3v) is 1.19. The summed E-state index contributed by atoms with van der Waals surface area (Å²) in [5.41, 5.74) is 0. The van der Waals surface area contributed by atoms with Crippen LogP contribution in [0.15, 0.2) is 4.99 Å². The number of aliphatic imine (C=N–C) groups is 1. The fraction of sp³-hybridized carbons (Fsp3) is 0.714. The van der Waals surface area contributed by atoms with Gasteiger partial charge >= 0.3 is 6.03 Å². The Kier molecular flexibility index (Phi) is 4.54. The molecule has 3 heteroatoms. The van der Waals surface area contributed by atoms with Crippen molar-refractivity contribution < 1.29 is 4.79 Å². The molecule has 0 saturated heterocycles. The van der Waals surface area contributed by atoms with Gasteiger partial charge in [-0.2, -0.15) is 0 Å². The van der Waals surface area contributed by atoms with Crippen LogP contribution in [0.25, 0.3) is 0 Å². The molecule has 3 nitrogen and oxygen atoms in total. The molecular weight excluding hydrogens is 128 g/mol. The average molecular weight is 142 g/mol. The largest absolute Gasteiger partial charge is 0.342 e. The predicted octanol–water partition coefficient (Wildman–Crippen LogP) is 1.54. The fourth-order valence-corrected chi connectivity index (χ4v) is 0.403. The van der Waals surface area contributed by atoms with Crippen molar-refractivity contribution in [3.63, 3.8) is 0 Å². The number of nitrogens with zero attached hydrogens (tertiary/aromatic N) is 2. The van der Waals surface area contributed by atoms with Crippen molar-refractivity contribution in [2.45, 2.75) is 20.3 Å². The van der Waals surface area contributed by atoms with E-state index in [1.165, 1.54) is 0 Å².